The van der Waals surface area contributed by atoms with Crippen LogP contribution in [0.1, 0.15) is 37.8 Å². The summed E-state index contributed by atoms with van der Waals surface area (Å²) in [6.45, 7) is 7.55. The number of hydrogen-bond donors (Lipinski definition) is 1. The van der Waals surface area contributed by atoms with Gasteiger partial charge in [-0.1, -0.05) is 19.9 Å². The molecule has 0 atom stereocenters. The van der Waals surface area contributed by atoms with Crippen molar-refractivity contribution >= 4 is 5.69 Å². The minimum absolute atomic E-state index is 0.440. The van der Waals surface area contributed by atoms with Crippen molar-refractivity contribution in [1.82, 2.24) is 5.32 Å². The fraction of sp³-hybridized carbons (Fsp3) is 0.562. The highest BCUT2D eigenvalue weighted by atomic mass is 15.1. The van der Waals surface area contributed by atoms with Gasteiger partial charge in [0.05, 0.1) is 11.3 Å². The molecule has 0 aromatic heterocycles. The predicted octanol–water partition coefficient (Wildman–Crippen LogP) is 2.90. The Morgan fingerprint density at radius 1 is 1.32 bits per heavy atom. The Morgan fingerprint density at radius 2 is 2.00 bits per heavy atom. The van der Waals surface area contributed by atoms with E-state index in [0.29, 0.717) is 5.41 Å². The molecule has 0 spiro atoms. The number of nitrogens with zero attached hydrogens (tertiary/aromatic N) is 2. The molecule has 1 N–H and O–H groups in total. The number of anilines is 1. The molecular weight excluding hydrogens is 234 g/mol. The van der Waals surface area contributed by atoms with Crippen LogP contribution in [0.5, 0.6) is 0 Å². The van der Waals surface area contributed by atoms with Gasteiger partial charge in [-0.25, -0.2) is 0 Å². The molecule has 0 unspecified atom stereocenters. The zero-order chi connectivity index (χ0) is 13.9. The first-order chi connectivity index (χ1) is 9.05. The second-order valence-corrected chi connectivity index (χ2v) is 6.14. The van der Waals surface area contributed by atoms with Crippen molar-refractivity contribution in [2.75, 3.05) is 25.0 Å². The Kier molecular flexibility index (Phi) is 4.11. The summed E-state index contributed by atoms with van der Waals surface area (Å²) in [5.74, 6) is 0. The number of hydrogen-bond acceptors (Lipinski definition) is 3. The molecule has 1 aromatic carbocycles. The van der Waals surface area contributed by atoms with Crippen molar-refractivity contribution in [2.24, 2.45) is 5.41 Å². The Hall–Kier alpha value is -1.53. The number of nitrogens with one attached hydrogen (secondary N) is 1. The minimum atomic E-state index is 0.440. The molecule has 102 valence electrons. The third-order valence-electron chi connectivity index (χ3n) is 4.02. The fourth-order valence-corrected chi connectivity index (χ4v) is 2.62. The molecular formula is C16H23N3. The van der Waals surface area contributed by atoms with Gasteiger partial charge in [-0.2, -0.15) is 5.26 Å². The van der Waals surface area contributed by atoms with Gasteiger partial charge >= 0.3 is 0 Å². The highest BCUT2D eigenvalue weighted by molar-refractivity contribution is 5.60. The largest absolute Gasteiger partial charge is 0.370 e. The first kappa shape index (κ1) is 13.9. The molecule has 1 fully saturated rings. The Labute approximate surface area is 116 Å². The molecule has 0 radical (unpaired) electrons. The third-order valence-corrected chi connectivity index (χ3v) is 4.02. The summed E-state index contributed by atoms with van der Waals surface area (Å²) in [6, 6.07) is 8.57. The Bertz CT molecular complexity index is 475. The summed E-state index contributed by atoms with van der Waals surface area (Å²) in [5, 5.41) is 12.5. The van der Waals surface area contributed by atoms with E-state index in [0.717, 1.165) is 30.9 Å². The van der Waals surface area contributed by atoms with E-state index in [2.05, 4.69) is 42.3 Å². The summed E-state index contributed by atoms with van der Waals surface area (Å²) in [4.78, 5) is 2.35. The molecule has 3 nitrogen and oxygen atoms in total. The average molecular weight is 257 g/mol. The van der Waals surface area contributed by atoms with Crippen molar-refractivity contribution in [3.63, 3.8) is 0 Å². The third kappa shape index (κ3) is 3.27. The van der Waals surface area contributed by atoms with Crippen LogP contribution < -0.4 is 10.2 Å². The molecule has 2 rings (SSSR count). The minimum Gasteiger partial charge on any atom is -0.370 e. The van der Waals surface area contributed by atoms with Gasteiger partial charge in [0.2, 0.25) is 0 Å². The number of benzene rings is 1. The van der Waals surface area contributed by atoms with E-state index in [1.165, 1.54) is 18.4 Å². The highest BCUT2D eigenvalue weighted by Gasteiger charge is 2.26. The zero-order valence-corrected chi connectivity index (χ0v) is 12.2. The topological polar surface area (TPSA) is 39.1 Å². The summed E-state index contributed by atoms with van der Waals surface area (Å²) in [7, 11) is 1.92. The van der Waals surface area contributed by atoms with Crippen LogP contribution in [0.2, 0.25) is 0 Å². The van der Waals surface area contributed by atoms with Crippen molar-refractivity contribution in [1.29, 1.82) is 5.26 Å². The van der Waals surface area contributed by atoms with E-state index in [4.69, 9.17) is 0 Å². The maximum absolute atomic E-state index is 9.35. The van der Waals surface area contributed by atoms with Gasteiger partial charge < -0.3 is 10.2 Å². The lowest BCUT2D eigenvalue weighted by molar-refractivity contribution is 0.280. The van der Waals surface area contributed by atoms with Crippen molar-refractivity contribution in [3.8, 4) is 6.07 Å². The van der Waals surface area contributed by atoms with Gasteiger partial charge in [0.15, 0.2) is 0 Å². The van der Waals surface area contributed by atoms with E-state index in [9.17, 15) is 5.26 Å². The molecule has 1 aliphatic rings. The average Bonchev–Trinajstić information content (AvgIpc) is 2.39. The molecule has 1 saturated heterocycles. The van der Waals surface area contributed by atoms with Crippen LogP contribution in [0.3, 0.4) is 0 Å². The molecule has 1 aromatic rings. The monoisotopic (exact) mass is 257 g/mol. The summed E-state index contributed by atoms with van der Waals surface area (Å²) >= 11 is 0. The van der Waals surface area contributed by atoms with Crippen molar-refractivity contribution < 1.29 is 0 Å². The molecule has 1 aliphatic heterocycles. The number of piperidine rings is 1. The SMILES string of the molecule is CNCc1ccc(N2CCC(C)(C)CC2)c(C#N)c1. The van der Waals surface area contributed by atoms with E-state index in [-0.39, 0.29) is 0 Å². The van der Waals surface area contributed by atoms with E-state index < -0.39 is 0 Å². The molecule has 0 bridgehead atoms. The van der Waals surface area contributed by atoms with Gasteiger partial charge in [-0.3, -0.25) is 0 Å². The second kappa shape index (κ2) is 5.63. The van der Waals surface area contributed by atoms with Crippen molar-refractivity contribution in [3.05, 3.63) is 29.3 Å². The molecule has 19 heavy (non-hydrogen) atoms. The smallest absolute Gasteiger partial charge is 0.101 e. The standard InChI is InChI=1S/C16H23N3/c1-16(2)6-8-19(9-7-16)15-5-4-13(12-18-3)10-14(15)11-17/h4-5,10,18H,6-9,12H2,1-3H3. The quantitative estimate of drug-likeness (QED) is 0.905. The van der Waals surface area contributed by atoms with E-state index in [1.54, 1.807) is 0 Å². The highest BCUT2D eigenvalue weighted by Crippen LogP contribution is 2.33. The fourth-order valence-electron chi connectivity index (χ4n) is 2.62. The van der Waals surface area contributed by atoms with Gasteiger partial charge in [0.25, 0.3) is 0 Å². The lowest BCUT2D eigenvalue weighted by atomic mass is 9.82. The van der Waals surface area contributed by atoms with E-state index >= 15 is 0 Å². The maximum atomic E-state index is 9.35. The molecule has 0 amide bonds. The van der Waals surface area contributed by atoms with Gasteiger partial charge in [0, 0.05) is 19.6 Å². The van der Waals surface area contributed by atoms with Crippen molar-refractivity contribution in [2.45, 2.75) is 33.2 Å². The molecule has 3 heteroatoms. The zero-order valence-electron chi connectivity index (χ0n) is 12.2. The van der Waals surface area contributed by atoms with Crippen LogP contribution in [0.25, 0.3) is 0 Å². The van der Waals surface area contributed by atoms with Gasteiger partial charge in [0.1, 0.15) is 6.07 Å². The first-order valence-corrected chi connectivity index (χ1v) is 6.98. The van der Waals surface area contributed by atoms with Crippen LogP contribution in [0, 0.1) is 16.7 Å². The first-order valence-electron chi connectivity index (χ1n) is 6.98. The van der Waals surface area contributed by atoms with Crippen LogP contribution >= 0.6 is 0 Å². The van der Waals surface area contributed by atoms with Crippen LogP contribution in [-0.2, 0) is 6.54 Å². The number of rotatable bonds is 3. The summed E-state index contributed by atoms with van der Waals surface area (Å²) < 4.78 is 0. The summed E-state index contributed by atoms with van der Waals surface area (Å²) in [6.07, 6.45) is 2.38. The summed E-state index contributed by atoms with van der Waals surface area (Å²) in [5.41, 5.74) is 3.50. The lowest BCUT2D eigenvalue weighted by Gasteiger charge is -2.38. The van der Waals surface area contributed by atoms with Crippen LogP contribution in [0.15, 0.2) is 18.2 Å². The maximum Gasteiger partial charge on any atom is 0.101 e. The Balaban J connectivity index is 2.19. The molecule has 1 heterocycles. The number of nitriles is 1. The lowest BCUT2D eigenvalue weighted by Crippen LogP contribution is -2.37. The second-order valence-electron chi connectivity index (χ2n) is 6.14. The van der Waals surface area contributed by atoms with Gasteiger partial charge in [-0.05, 0) is 43.0 Å². The van der Waals surface area contributed by atoms with Crippen LogP contribution in [0.4, 0.5) is 5.69 Å². The van der Waals surface area contributed by atoms with Gasteiger partial charge in [-0.15, -0.1) is 0 Å². The normalized spacial score (nSPS) is 18.1. The van der Waals surface area contributed by atoms with Crippen LogP contribution in [-0.4, -0.2) is 20.1 Å². The molecule has 0 saturated carbocycles. The van der Waals surface area contributed by atoms with E-state index in [1.807, 2.05) is 13.1 Å². The predicted molar refractivity (Wildman–Crippen MR) is 79.1 cm³/mol. The molecule has 0 aliphatic carbocycles. The Morgan fingerprint density at radius 3 is 2.58 bits per heavy atom.